The highest BCUT2D eigenvalue weighted by molar-refractivity contribution is 5.12. The van der Waals surface area contributed by atoms with E-state index in [0.29, 0.717) is 31.9 Å². The standard InChI is InChI=1S/C11H15F3N2O/c1-8-2-3-9(17-8)10(11(12,13)14)16-6-4-15-5-7-16/h2-3,10,15H,4-7H2,1H3/t10-/m1/s1. The van der Waals surface area contributed by atoms with Gasteiger partial charge in [-0.3, -0.25) is 4.90 Å². The van der Waals surface area contributed by atoms with E-state index in [2.05, 4.69) is 5.32 Å². The Labute approximate surface area is 97.6 Å². The number of hydrogen-bond donors (Lipinski definition) is 1. The molecule has 2 rings (SSSR count). The Morgan fingerprint density at radius 1 is 1.29 bits per heavy atom. The van der Waals surface area contributed by atoms with Gasteiger partial charge in [-0.2, -0.15) is 13.2 Å². The zero-order chi connectivity index (χ0) is 12.5. The lowest BCUT2D eigenvalue weighted by Crippen LogP contribution is -2.48. The van der Waals surface area contributed by atoms with Gasteiger partial charge in [0.15, 0.2) is 6.04 Å². The van der Waals surface area contributed by atoms with Crippen molar-refractivity contribution in [2.75, 3.05) is 26.2 Å². The number of hydrogen-bond acceptors (Lipinski definition) is 3. The van der Waals surface area contributed by atoms with Crippen molar-refractivity contribution in [1.29, 1.82) is 0 Å². The monoisotopic (exact) mass is 248 g/mol. The zero-order valence-electron chi connectivity index (χ0n) is 9.55. The van der Waals surface area contributed by atoms with Crippen molar-refractivity contribution in [3.05, 3.63) is 23.7 Å². The number of piperazine rings is 1. The van der Waals surface area contributed by atoms with E-state index in [4.69, 9.17) is 4.42 Å². The van der Waals surface area contributed by atoms with E-state index in [0.717, 1.165) is 0 Å². The Hall–Kier alpha value is -1.01. The van der Waals surface area contributed by atoms with Crippen molar-refractivity contribution >= 4 is 0 Å². The number of alkyl halides is 3. The van der Waals surface area contributed by atoms with Crippen LogP contribution < -0.4 is 5.32 Å². The topological polar surface area (TPSA) is 28.4 Å². The normalized spacial score (nSPS) is 20.5. The SMILES string of the molecule is Cc1ccc([C@@H](N2CCNCC2)C(F)(F)F)o1. The fourth-order valence-electron chi connectivity index (χ4n) is 2.09. The van der Waals surface area contributed by atoms with Gasteiger partial charge in [0.2, 0.25) is 0 Å². The molecule has 1 atom stereocenters. The van der Waals surface area contributed by atoms with E-state index in [-0.39, 0.29) is 5.76 Å². The number of nitrogens with zero attached hydrogens (tertiary/aromatic N) is 1. The molecule has 1 aliphatic rings. The van der Waals surface area contributed by atoms with Gasteiger partial charge in [-0.15, -0.1) is 0 Å². The first-order chi connectivity index (χ1) is 7.98. The summed E-state index contributed by atoms with van der Waals surface area (Å²) in [6.45, 7) is 3.56. The number of nitrogens with one attached hydrogen (secondary N) is 1. The average Bonchev–Trinajstić information content (AvgIpc) is 2.64. The molecule has 6 heteroatoms. The highest BCUT2D eigenvalue weighted by atomic mass is 19.4. The maximum Gasteiger partial charge on any atom is 0.411 e. The van der Waals surface area contributed by atoms with Gasteiger partial charge in [-0.25, -0.2) is 0 Å². The molecule has 1 N–H and O–H groups in total. The first-order valence-corrected chi connectivity index (χ1v) is 5.56. The fourth-order valence-corrected chi connectivity index (χ4v) is 2.09. The van der Waals surface area contributed by atoms with Crippen molar-refractivity contribution in [1.82, 2.24) is 10.2 Å². The zero-order valence-corrected chi connectivity index (χ0v) is 9.55. The van der Waals surface area contributed by atoms with Gasteiger partial charge in [-0.05, 0) is 19.1 Å². The Morgan fingerprint density at radius 3 is 2.41 bits per heavy atom. The summed E-state index contributed by atoms with van der Waals surface area (Å²) < 4.78 is 44.4. The van der Waals surface area contributed by atoms with E-state index < -0.39 is 12.2 Å². The van der Waals surface area contributed by atoms with Gasteiger partial charge in [-0.1, -0.05) is 0 Å². The molecular weight excluding hydrogens is 233 g/mol. The van der Waals surface area contributed by atoms with Crippen molar-refractivity contribution in [3.8, 4) is 0 Å². The number of rotatable bonds is 2. The summed E-state index contributed by atoms with van der Waals surface area (Å²) >= 11 is 0. The number of halogens is 3. The van der Waals surface area contributed by atoms with Crippen LogP contribution >= 0.6 is 0 Å². The van der Waals surface area contributed by atoms with Crippen LogP contribution in [0, 0.1) is 6.92 Å². The molecule has 1 aromatic heterocycles. The second-order valence-corrected chi connectivity index (χ2v) is 4.18. The van der Waals surface area contributed by atoms with E-state index >= 15 is 0 Å². The van der Waals surface area contributed by atoms with Crippen molar-refractivity contribution in [2.24, 2.45) is 0 Å². The highest BCUT2D eigenvalue weighted by Crippen LogP contribution is 2.38. The van der Waals surface area contributed by atoms with Crippen LogP contribution in [0.2, 0.25) is 0 Å². The van der Waals surface area contributed by atoms with Gasteiger partial charge in [0, 0.05) is 26.2 Å². The summed E-state index contributed by atoms with van der Waals surface area (Å²) in [7, 11) is 0. The molecule has 0 saturated carbocycles. The molecule has 2 heterocycles. The van der Waals surface area contributed by atoms with E-state index in [1.165, 1.54) is 11.0 Å². The summed E-state index contributed by atoms with van der Waals surface area (Å²) in [6, 6.07) is 1.35. The molecule has 1 aliphatic heterocycles. The predicted molar refractivity (Wildman–Crippen MR) is 56.7 cm³/mol. The number of aryl methyl sites for hydroxylation is 1. The summed E-state index contributed by atoms with van der Waals surface area (Å²) in [4.78, 5) is 1.41. The third-order valence-electron chi connectivity index (χ3n) is 2.86. The Balaban J connectivity index is 2.24. The van der Waals surface area contributed by atoms with Crippen molar-refractivity contribution < 1.29 is 17.6 Å². The summed E-state index contributed by atoms with van der Waals surface area (Å²) in [5, 5.41) is 3.04. The summed E-state index contributed by atoms with van der Waals surface area (Å²) in [5.41, 5.74) is 0. The number of furan rings is 1. The Bertz CT molecular complexity index is 369. The molecule has 0 bridgehead atoms. The molecular formula is C11H15F3N2O. The minimum absolute atomic E-state index is 0.0168. The quantitative estimate of drug-likeness (QED) is 0.868. The first kappa shape index (κ1) is 12.4. The van der Waals surface area contributed by atoms with E-state index in [1.807, 2.05) is 0 Å². The average molecular weight is 248 g/mol. The van der Waals surface area contributed by atoms with Crippen LogP contribution in [-0.2, 0) is 0 Å². The molecule has 96 valence electrons. The van der Waals surface area contributed by atoms with Gasteiger partial charge < -0.3 is 9.73 Å². The van der Waals surface area contributed by atoms with Crippen LogP contribution in [-0.4, -0.2) is 37.3 Å². The van der Waals surface area contributed by atoms with Crippen LogP contribution in [0.4, 0.5) is 13.2 Å². The van der Waals surface area contributed by atoms with E-state index in [9.17, 15) is 13.2 Å². The highest BCUT2D eigenvalue weighted by Gasteiger charge is 2.46. The molecule has 0 unspecified atom stereocenters. The molecule has 0 aromatic carbocycles. The van der Waals surface area contributed by atoms with Crippen LogP contribution in [0.5, 0.6) is 0 Å². The van der Waals surface area contributed by atoms with Gasteiger partial charge in [0.25, 0.3) is 0 Å². The van der Waals surface area contributed by atoms with Gasteiger partial charge in [0.05, 0.1) is 0 Å². The lowest BCUT2D eigenvalue weighted by molar-refractivity contribution is -0.192. The maximum absolute atomic E-state index is 13.1. The molecule has 0 amide bonds. The van der Waals surface area contributed by atoms with Crippen LogP contribution in [0.1, 0.15) is 17.6 Å². The van der Waals surface area contributed by atoms with E-state index in [1.54, 1.807) is 13.0 Å². The lowest BCUT2D eigenvalue weighted by Gasteiger charge is -2.34. The van der Waals surface area contributed by atoms with Crippen LogP contribution in [0.15, 0.2) is 16.5 Å². The fraction of sp³-hybridized carbons (Fsp3) is 0.636. The summed E-state index contributed by atoms with van der Waals surface area (Å²) in [5.74, 6) is 0.487. The molecule has 1 aromatic rings. The van der Waals surface area contributed by atoms with Crippen LogP contribution in [0.25, 0.3) is 0 Å². The maximum atomic E-state index is 13.1. The molecule has 17 heavy (non-hydrogen) atoms. The molecule has 1 saturated heterocycles. The lowest BCUT2D eigenvalue weighted by atomic mass is 10.1. The Morgan fingerprint density at radius 2 is 1.94 bits per heavy atom. The third-order valence-corrected chi connectivity index (χ3v) is 2.86. The minimum Gasteiger partial charge on any atom is -0.464 e. The third kappa shape index (κ3) is 2.81. The smallest absolute Gasteiger partial charge is 0.411 e. The van der Waals surface area contributed by atoms with Gasteiger partial charge in [0.1, 0.15) is 11.5 Å². The van der Waals surface area contributed by atoms with Crippen LogP contribution in [0.3, 0.4) is 0 Å². The molecule has 3 nitrogen and oxygen atoms in total. The molecule has 1 fully saturated rings. The minimum atomic E-state index is -4.30. The predicted octanol–water partition coefficient (Wildman–Crippen LogP) is 2.10. The second kappa shape index (κ2) is 4.70. The van der Waals surface area contributed by atoms with Gasteiger partial charge >= 0.3 is 6.18 Å². The summed E-state index contributed by atoms with van der Waals surface area (Å²) in [6.07, 6.45) is -4.30. The largest absolute Gasteiger partial charge is 0.464 e. The molecule has 0 aliphatic carbocycles. The molecule has 0 radical (unpaired) electrons. The second-order valence-electron chi connectivity index (χ2n) is 4.18. The van der Waals surface area contributed by atoms with Crippen molar-refractivity contribution in [3.63, 3.8) is 0 Å². The molecule has 0 spiro atoms. The first-order valence-electron chi connectivity index (χ1n) is 5.56. The van der Waals surface area contributed by atoms with Crippen molar-refractivity contribution in [2.45, 2.75) is 19.1 Å². The Kier molecular flexibility index (Phi) is 3.44.